The van der Waals surface area contributed by atoms with E-state index in [1.165, 1.54) is 0 Å². The van der Waals surface area contributed by atoms with Crippen molar-refractivity contribution >= 4 is 27.5 Å². The van der Waals surface area contributed by atoms with E-state index >= 15 is 0 Å². The summed E-state index contributed by atoms with van der Waals surface area (Å²) < 4.78 is 6.54. The summed E-state index contributed by atoms with van der Waals surface area (Å²) in [5.74, 6) is 1.34. The molecular weight excluding hydrogens is 304 g/mol. The number of benzene rings is 1. The van der Waals surface area contributed by atoms with Gasteiger partial charge in [-0.15, -0.1) is 0 Å². The van der Waals surface area contributed by atoms with Crippen molar-refractivity contribution < 1.29 is 4.74 Å². The van der Waals surface area contributed by atoms with E-state index < -0.39 is 0 Å². The van der Waals surface area contributed by atoms with Crippen LogP contribution in [0, 0.1) is 0 Å². The summed E-state index contributed by atoms with van der Waals surface area (Å²) >= 11 is 9.30. The number of nitrogens with two attached hydrogens (primary N) is 1. The van der Waals surface area contributed by atoms with Gasteiger partial charge in [0.2, 0.25) is 0 Å². The van der Waals surface area contributed by atoms with Gasteiger partial charge in [0.25, 0.3) is 0 Å². The fraction of sp³-hybridized carbons (Fsp3) is 0.0833. The van der Waals surface area contributed by atoms with Gasteiger partial charge in [0, 0.05) is 35.6 Å². The fourth-order valence-corrected chi connectivity index (χ4v) is 1.85. The second-order valence-corrected chi connectivity index (χ2v) is 4.66. The second-order valence-electron chi connectivity index (χ2n) is 3.36. The number of aromatic nitrogens is 1. The molecule has 1 heterocycles. The van der Waals surface area contributed by atoms with Crippen LogP contribution in [0.25, 0.3) is 0 Å². The van der Waals surface area contributed by atoms with Crippen molar-refractivity contribution in [1.82, 2.24) is 4.98 Å². The third-order valence-electron chi connectivity index (χ3n) is 2.20. The lowest BCUT2D eigenvalue weighted by Crippen LogP contribution is -1.99. The zero-order chi connectivity index (χ0) is 12.3. The van der Waals surface area contributed by atoms with Gasteiger partial charge in [-0.3, -0.25) is 4.98 Å². The van der Waals surface area contributed by atoms with Gasteiger partial charge < -0.3 is 10.5 Å². The van der Waals surface area contributed by atoms with E-state index in [1.54, 1.807) is 30.6 Å². The normalized spacial score (nSPS) is 10.3. The lowest BCUT2D eigenvalue weighted by molar-refractivity contribution is 0.472. The highest BCUT2D eigenvalue weighted by Gasteiger charge is 2.07. The Morgan fingerprint density at radius 2 is 2.12 bits per heavy atom. The molecule has 1 aromatic carbocycles. The Morgan fingerprint density at radius 1 is 1.29 bits per heavy atom. The molecular formula is C12H10BrClN2O. The Morgan fingerprint density at radius 3 is 2.82 bits per heavy atom. The molecule has 2 rings (SSSR count). The van der Waals surface area contributed by atoms with Crippen molar-refractivity contribution in [2.24, 2.45) is 5.73 Å². The maximum Gasteiger partial charge on any atom is 0.144 e. The fourth-order valence-electron chi connectivity index (χ4n) is 1.36. The molecule has 3 nitrogen and oxygen atoms in total. The third kappa shape index (κ3) is 2.97. The summed E-state index contributed by atoms with van der Waals surface area (Å²) in [5.41, 5.74) is 6.55. The molecule has 0 aliphatic carbocycles. The van der Waals surface area contributed by atoms with Gasteiger partial charge in [0.1, 0.15) is 11.5 Å². The minimum atomic E-state index is 0.398. The first-order chi connectivity index (χ1) is 8.20. The smallest absolute Gasteiger partial charge is 0.144 e. The van der Waals surface area contributed by atoms with Crippen molar-refractivity contribution in [1.29, 1.82) is 0 Å². The van der Waals surface area contributed by atoms with Crippen molar-refractivity contribution in [3.05, 3.63) is 51.7 Å². The zero-order valence-electron chi connectivity index (χ0n) is 8.86. The van der Waals surface area contributed by atoms with Gasteiger partial charge in [0.15, 0.2) is 0 Å². The van der Waals surface area contributed by atoms with Gasteiger partial charge in [0.05, 0.1) is 4.47 Å². The highest BCUT2D eigenvalue weighted by atomic mass is 79.9. The van der Waals surface area contributed by atoms with Gasteiger partial charge in [-0.05, 0) is 28.1 Å². The summed E-state index contributed by atoms with van der Waals surface area (Å²) in [6, 6.07) is 7.16. The highest BCUT2D eigenvalue weighted by molar-refractivity contribution is 9.10. The topological polar surface area (TPSA) is 48.1 Å². The second kappa shape index (κ2) is 5.49. The van der Waals surface area contributed by atoms with Crippen LogP contribution in [-0.4, -0.2) is 4.98 Å². The van der Waals surface area contributed by atoms with Gasteiger partial charge in [-0.1, -0.05) is 17.7 Å². The lowest BCUT2D eigenvalue weighted by atomic mass is 10.2. The standard InChI is InChI=1S/C12H10BrClN2O/c13-10-7-16-4-3-11(10)17-12-5-9(14)2-1-8(12)6-15/h1-5,7H,6,15H2. The number of nitrogens with zero attached hydrogens (tertiary/aromatic N) is 1. The minimum absolute atomic E-state index is 0.398. The first-order valence-electron chi connectivity index (χ1n) is 4.96. The molecule has 2 aromatic rings. The number of halogens is 2. The highest BCUT2D eigenvalue weighted by Crippen LogP contribution is 2.32. The molecule has 5 heteroatoms. The predicted octanol–water partition coefficient (Wildman–Crippen LogP) is 3.75. The summed E-state index contributed by atoms with van der Waals surface area (Å²) in [5, 5.41) is 0.613. The molecule has 0 atom stereocenters. The molecule has 0 aliphatic heterocycles. The van der Waals surface area contributed by atoms with E-state index in [-0.39, 0.29) is 0 Å². The average molecular weight is 314 g/mol. The molecule has 0 radical (unpaired) electrons. The number of hydrogen-bond donors (Lipinski definition) is 1. The van der Waals surface area contributed by atoms with E-state index in [0.717, 1.165) is 10.0 Å². The van der Waals surface area contributed by atoms with Crippen LogP contribution in [0.4, 0.5) is 0 Å². The molecule has 2 N–H and O–H groups in total. The molecule has 0 unspecified atom stereocenters. The summed E-state index contributed by atoms with van der Waals surface area (Å²) in [4.78, 5) is 3.97. The van der Waals surface area contributed by atoms with Crippen LogP contribution < -0.4 is 10.5 Å². The van der Waals surface area contributed by atoms with Crippen LogP contribution in [0.2, 0.25) is 5.02 Å². The van der Waals surface area contributed by atoms with E-state index in [2.05, 4.69) is 20.9 Å². The molecule has 0 fully saturated rings. The molecule has 17 heavy (non-hydrogen) atoms. The van der Waals surface area contributed by atoms with Crippen LogP contribution in [-0.2, 0) is 6.54 Å². The Balaban J connectivity index is 2.35. The van der Waals surface area contributed by atoms with Crippen LogP contribution in [0.3, 0.4) is 0 Å². The van der Waals surface area contributed by atoms with Crippen LogP contribution in [0.5, 0.6) is 11.5 Å². The maximum absolute atomic E-state index is 5.93. The first kappa shape index (κ1) is 12.4. The lowest BCUT2D eigenvalue weighted by Gasteiger charge is -2.11. The van der Waals surface area contributed by atoms with Crippen LogP contribution in [0.15, 0.2) is 41.1 Å². The zero-order valence-corrected chi connectivity index (χ0v) is 11.2. The van der Waals surface area contributed by atoms with Crippen molar-refractivity contribution in [3.8, 4) is 11.5 Å². The molecule has 0 aliphatic rings. The molecule has 0 bridgehead atoms. The summed E-state index contributed by atoms with van der Waals surface area (Å²) in [6.45, 7) is 0.398. The number of ether oxygens (including phenoxy) is 1. The van der Waals surface area contributed by atoms with E-state index in [0.29, 0.717) is 23.1 Å². The summed E-state index contributed by atoms with van der Waals surface area (Å²) in [6.07, 6.45) is 3.33. The third-order valence-corrected chi connectivity index (χ3v) is 3.03. The van der Waals surface area contributed by atoms with Crippen molar-refractivity contribution in [2.75, 3.05) is 0 Å². The van der Waals surface area contributed by atoms with E-state index in [9.17, 15) is 0 Å². The van der Waals surface area contributed by atoms with E-state index in [4.69, 9.17) is 22.1 Å². The molecule has 0 saturated carbocycles. The van der Waals surface area contributed by atoms with Gasteiger partial charge >= 0.3 is 0 Å². The van der Waals surface area contributed by atoms with Crippen LogP contribution in [0.1, 0.15) is 5.56 Å². The molecule has 88 valence electrons. The van der Waals surface area contributed by atoms with Gasteiger partial charge in [-0.25, -0.2) is 0 Å². The minimum Gasteiger partial charge on any atom is -0.456 e. The monoisotopic (exact) mass is 312 g/mol. The average Bonchev–Trinajstić information content (AvgIpc) is 2.32. The number of hydrogen-bond acceptors (Lipinski definition) is 3. The van der Waals surface area contributed by atoms with Gasteiger partial charge in [-0.2, -0.15) is 0 Å². The Hall–Kier alpha value is -1.10. The Labute approximate surface area is 113 Å². The van der Waals surface area contributed by atoms with Crippen LogP contribution >= 0.6 is 27.5 Å². The summed E-state index contributed by atoms with van der Waals surface area (Å²) in [7, 11) is 0. The predicted molar refractivity (Wildman–Crippen MR) is 71.4 cm³/mol. The van der Waals surface area contributed by atoms with Crippen molar-refractivity contribution in [3.63, 3.8) is 0 Å². The number of rotatable bonds is 3. The Bertz CT molecular complexity index is 534. The molecule has 0 saturated heterocycles. The molecule has 1 aromatic heterocycles. The quantitative estimate of drug-likeness (QED) is 0.939. The maximum atomic E-state index is 5.93. The number of pyridine rings is 1. The van der Waals surface area contributed by atoms with Crippen molar-refractivity contribution in [2.45, 2.75) is 6.54 Å². The first-order valence-corrected chi connectivity index (χ1v) is 6.13. The molecule has 0 spiro atoms. The molecule has 0 amide bonds. The SMILES string of the molecule is NCc1ccc(Cl)cc1Oc1ccncc1Br. The van der Waals surface area contributed by atoms with E-state index in [1.807, 2.05) is 6.07 Å². The largest absolute Gasteiger partial charge is 0.456 e. The Kier molecular flexibility index (Phi) is 3.99.